The molecule has 0 saturated heterocycles. The van der Waals surface area contributed by atoms with Crippen LogP contribution in [0.1, 0.15) is 11.1 Å². The molecule has 1 rings (SSSR count). The van der Waals surface area contributed by atoms with Crippen molar-refractivity contribution in [3.63, 3.8) is 0 Å². The Balaban J connectivity index is 3.22. The molecule has 0 aliphatic heterocycles. The summed E-state index contributed by atoms with van der Waals surface area (Å²) in [5, 5.41) is 0. The third kappa shape index (κ3) is 4.68. The van der Waals surface area contributed by atoms with Gasteiger partial charge in [0, 0.05) is 21.2 Å². The first-order valence-corrected chi connectivity index (χ1v) is 6.44. The minimum Gasteiger partial charge on any atom is -0.469 e. The number of ether oxygens (including phenoxy) is 2. The van der Waals surface area contributed by atoms with Gasteiger partial charge in [-0.3, -0.25) is 4.79 Å². The first-order chi connectivity index (χ1) is 8.78. The second-order valence-corrected chi connectivity index (χ2v) is 4.66. The number of alkyl halides is 4. The normalized spacial score (nSPS) is 11.3. The Kier molecular flexibility index (Phi) is 5.65. The maximum atomic E-state index is 12.2. The van der Waals surface area contributed by atoms with Gasteiger partial charge in [-0.15, -0.1) is 24.8 Å². The maximum absolute atomic E-state index is 12.2. The molecule has 0 N–H and O–H groups in total. The molecule has 0 aliphatic carbocycles. The fraction of sp³-hybridized carbons (Fsp3) is 0.400. The molecule has 0 aromatic carbocycles. The zero-order valence-corrected chi connectivity index (χ0v) is 12.5. The van der Waals surface area contributed by atoms with Gasteiger partial charge < -0.3 is 9.47 Å². The average Bonchev–Trinajstić information content (AvgIpc) is 2.32. The van der Waals surface area contributed by atoms with E-state index in [4.69, 9.17) is 11.6 Å². The Hall–Kier alpha value is -0.770. The molecule has 0 aliphatic rings. The van der Waals surface area contributed by atoms with Crippen molar-refractivity contribution in [3.05, 3.63) is 20.9 Å². The Labute approximate surface area is 125 Å². The lowest BCUT2D eigenvalue weighted by atomic mass is 10.1. The molecule has 0 atom stereocenters. The molecule has 0 radical (unpaired) electrons. The molecule has 0 unspecified atom stereocenters. The van der Waals surface area contributed by atoms with E-state index in [-0.39, 0.29) is 17.9 Å². The van der Waals surface area contributed by atoms with Crippen molar-refractivity contribution in [1.82, 2.24) is 4.98 Å². The molecule has 0 fully saturated rings. The number of pyridine rings is 1. The molecular formula is C10H8ClF3INO3. The molecule has 1 aromatic rings. The Morgan fingerprint density at radius 2 is 2.16 bits per heavy atom. The number of nitrogens with zero attached hydrogens (tertiary/aromatic N) is 1. The predicted molar refractivity (Wildman–Crippen MR) is 68.9 cm³/mol. The Bertz CT molecular complexity index is 482. The summed E-state index contributed by atoms with van der Waals surface area (Å²) in [5.41, 5.74) is 0.513. The maximum Gasteiger partial charge on any atom is 0.574 e. The molecule has 106 valence electrons. The summed E-state index contributed by atoms with van der Waals surface area (Å²) in [6.45, 7) is 0. The summed E-state index contributed by atoms with van der Waals surface area (Å²) < 4.78 is 45.4. The van der Waals surface area contributed by atoms with Gasteiger partial charge in [-0.2, -0.15) is 0 Å². The molecule has 1 heterocycles. The highest BCUT2D eigenvalue weighted by Gasteiger charge is 2.34. The third-order valence-electron chi connectivity index (χ3n) is 2.05. The van der Waals surface area contributed by atoms with Crippen LogP contribution in [0.2, 0.25) is 0 Å². The van der Waals surface area contributed by atoms with Gasteiger partial charge in [-0.1, -0.05) is 0 Å². The number of rotatable bonds is 4. The number of hydrogen-bond donors (Lipinski definition) is 0. The van der Waals surface area contributed by atoms with Crippen molar-refractivity contribution >= 4 is 40.2 Å². The molecule has 0 spiro atoms. The van der Waals surface area contributed by atoms with Crippen molar-refractivity contribution in [3.8, 4) is 5.88 Å². The van der Waals surface area contributed by atoms with Crippen molar-refractivity contribution in [2.75, 3.05) is 7.11 Å². The van der Waals surface area contributed by atoms with Gasteiger partial charge in [0.25, 0.3) is 0 Å². The molecule has 4 nitrogen and oxygen atoms in total. The van der Waals surface area contributed by atoms with E-state index in [1.165, 1.54) is 6.20 Å². The highest BCUT2D eigenvalue weighted by Crippen LogP contribution is 2.30. The van der Waals surface area contributed by atoms with Gasteiger partial charge in [0.15, 0.2) is 0 Å². The summed E-state index contributed by atoms with van der Waals surface area (Å²) in [4.78, 5) is 14.8. The van der Waals surface area contributed by atoms with E-state index in [1.807, 2.05) is 0 Å². The predicted octanol–water partition coefficient (Wildman–Crippen LogP) is 3.04. The van der Waals surface area contributed by atoms with E-state index >= 15 is 0 Å². The highest BCUT2D eigenvalue weighted by atomic mass is 127. The summed E-state index contributed by atoms with van der Waals surface area (Å²) in [6, 6.07) is 0. The fourth-order valence-electron chi connectivity index (χ4n) is 1.22. The first-order valence-electron chi connectivity index (χ1n) is 4.83. The molecule has 0 saturated carbocycles. The number of hydrogen-bond acceptors (Lipinski definition) is 4. The summed E-state index contributed by atoms with van der Waals surface area (Å²) >= 11 is 7.42. The van der Waals surface area contributed by atoms with Crippen molar-refractivity contribution < 1.29 is 27.4 Å². The minimum absolute atomic E-state index is 0.00271. The van der Waals surface area contributed by atoms with E-state index in [0.29, 0.717) is 9.13 Å². The fourth-order valence-corrected chi connectivity index (χ4v) is 2.40. The second-order valence-electron chi connectivity index (χ2n) is 3.32. The van der Waals surface area contributed by atoms with Crippen LogP contribution < -0.4 is 4.74 Å². The second kappa shape index (κ2) is 6.60. The van der Waals surface area contributed by atoms with Crippen LogP contribution in [0, 0.1) is 3.57 Å². The van der Waals surface area contributed by atoms with E-state index in [2.05, 4.69) is 14.5 Å². The number of esters is 1. The molecule has 0 bridgehead atoms. The van der Waals surface area contributed by atoms with Crippen molar-refractivity contribution in [2.24, 2.45) is 0 Å². The van der Waals surface area contributed by atoms with Gasteiger partial charge in [-0.05, 0) is 28.2 Å². The van der Waals surface area contributed by atoms with E-state index in [0.717, 1.165) is 7.11 Å². The van der Waals surface area contributed by atoms with Crippen LogP contribution in [-0.4, -0.2) is 24.4 Å². The number of methoxy groups -OCH3 is 1. The lowest BCUT2D eigenvalue weighted by Crippen LogP contribution is -2.20. The lowest BCUT2D eigenvalue weighted by Gasteiger charge is -2.14. The van der Waals surface area contributed by atoms with Gasteiger partial charge >= 0.3 is 12.3 Å². The van der Waals surface area contributed by atoms with Crippen LogP contribution in [0.3, 0.4) is 0 Å². The number of halogens is 5. The minimum atomic E-state index is -4.89. The molecule has 1 aromatic heterocycles. The number of aromatic nitrogens is 1. The smallest absolute Gasteiger partial charge is 0.469 e. The topological polar surface area (TPSA) is 48.4 Å². The summed E-state index contributed by atoms with van der Waals surface area (Å²) in [6.07, 6.45) is -4.09. The molecule has 9 heteroatoms. The highest BCUT2D eigenvalue weighted by molar-refractivity contribution is 14.1. The monoisotopic (exact) mass is 409 g/mol. The average molecular weight is 410 g/mol. The Morgan fingerprint density at radius 1 is 1.53 bits per heavy atom. The summed E-state index contributed by atoms with van der Waals surface area (Å²) in [5.74, 6) is -1.30. The van der Waals surface area contributed by atoms with E-state index in [1.54, 1.807) is 22.6 Å². The molecule has 0 amide bonds. The van der Waals surface area contributed by atoms with Crippen LogP contribution in [0.25, 0.3) is 0 Å². The van der Waals surface area contributed by atoms with Crippen molar-refractivity contribution in [1.29, 1.82) is 0 Å². The van der Waals surface area contributed by atoms with Gasteiger partial charge in [0.1, 0.15) is 0 Å². The molecule has 19 heavy (non-hydrogen) atoms. The summed E-state index contributed by atoms with van der Waals surface area (Å²) in [7, 11) is 1.14. The van der Waals surface area contributed by atoms with Crippen LogP contribution in [0.5, 0.6) is 5.88 Å². The van der Waals surface area contributed by atoms with Gasteiger partial charge in [-0.25, -0.2) is 4.98 Å². The zero-order valence-electron chi connectivity index (χ0n) is 9.55. The van der Waals surface area contributed by atoms with Crippen LogP contribution in [0.15, 0.2) is 6.20 Å². The standard InChI is InChI=1S/C10H8ClF3INO3/c1-18-7(17)2-6-8(15)5(3-11)4-16-9(6)19-10(12,13)14/h4H,2-3H2,1H3. The lowest BCUT2D eigenvalue weighted by molar-refractivity contribution is -0.276. The van der Waals surface area contributed by atoms with Crippen LogP contribution >= 0.6 is 34.2 Å². The SMILES string of the molecule is COC(=O)Cc1c(OC(F)(F)F)ncc(CCl)c1I. The van der Waals surface area contributed by atoms with Crippen molar-refractivity contribution in [2.45, 2.75) is 18.7 Å². The Morgan fingerprint density at radius 3 is 2.63 bits per heavy atom. The van der Waals surface area contributed by atoms with Crippen LogP contribution in [-0.2, 0) is 21.8 Å². The number of carbonyl (C=O) groups is 1. The molecular weight excluding hydrogens is 401 g/mol. The van der Waals surface area contributed by atoms with E-state index < -0.39 is 18.2 Å². The number of carbonyl (C=O) groups excluding carboxylic acids is 1. The van der Waals surface area contributed by atoms with Gasteiger partial charge in [0.2, 0.25) is 5.88 Å². The quantitative estimate of drug-likeness (QED) is 0.436. The third-order valence-corrected chi connectivity index (χ3v) is 3.68. The van der Waals surface area contributed by atoms with Crippen LogP contribution in [0.4, 0.5) is 13.2 Å². The zero-order chi connectivity index (χ0) is 14.6. The first kappa shape index (κ1) is 16.3. The van der Waals surface area contributed by atoms with Gasteiger partial charge in [0.05, 0.1) is 13.5 Å². The largest absolute Gasteiger partial charge is 0.574 e. The van der Waals surface area contributed by atoms with E-state index in [9.17, 15) is 18.0 Å².